The molecule has 1 nitrogen and oxygen atoms in total. The lowest BCUT2D eigenvalue weighted by atomic mass is 10.7. The number of nitrogens with one attached hydrogen (secondary N) is 1. The molecule has 0 amide bonds. The molecule has 0 bridgehead atoms. The maximum atomic E-state index is 5.44. The van der Waals surface area contributed by atoms with E-state index in [2.05, 4.69) is 5.32 Å². The van der Waals surface area contributed by atoms with Gasteiger partial charge in [0.25, 0.3) is 0 Å². The molecule has 0 aliphatic heterocycles. The van der Waals surface area contributed by atoms with Crippen molar-refractivity contribution in [1.82, 2.24) is 5.32 Å². The molecule has 0 saturated heterocycles. The lowest BCUT2D eigenvalue weighted by Crippen LogP contribution is -1.99. The summed E-state index contributed by atoms with van der Waals surface area (Å²) in [6, 6.07) is 0. The molecule has 42 valence electrons. The van der Waals surface area contributed by atoms with Crippen molar-refractivity contribution < 1.29 is 0 Å². The lowest BCUT2D eigenvalue weighted by molar-refractivity contribution is 1.06. The molecule has 0 aromatic carbocycles. The third kappa shape index (κ3) is 2.77. The Morgan fingerprint density at radius 2 is 1.86 bits per heavy atom. The van der Waals surface area contributed by atoms with Crippen molar-refractivity contribution in [3.8, 4) is 0 Å². The zero-order chi connectivity index (χ0) is 5.86. The predicted molar refractivity (Wildman–Crippen MR) is 33.5 cm³/mol. The van der Waals surface area contributed by atoms with Crippen LogP contribution in [-0.4, -0.2) is 7.05 Å². The van der Waals surface area contributed by atoms with Crippen molar-refractivity contribution in [2.45, 2.75) is 6.92 Å². The van der Waals surface area contributed by atoms with E-state index in [4.69, 9.17) is 23.2 Å². The average molecular weight is 140 g/mol. The molecule has 0 aromatic rings. The van der Waals surface area contributed by atoms with Crippen molar-refractivity contribution in [3.05, 3.63) is 10.2 Å². The summed E-state index contributed by atoms with van der Waals surface area (Å²) >= 11 is 10.9. The molecular weight excluding hydrogens is 133 g/mol. The largest absolute Gasteiger partial charge is 0.378 e. The fourth-order valence-electron chi connectivity index (χ4n) is 0.172. The van der Waals surface area contributed by atoms with Crippen LogP contribution in [0.2, 0.25) is 0 Å². The van der Waals surface area contributed by atoms with Crippen molar-refractivity contribution in [2.75, 3.05) is 7.05 Å². The van der Waals surface area contributed by atoms with Gasteiger partial charge in [0.15, 0.2) is 0 Å². The molecule has 3 heteroatoms. The standard InChI is InChI=1S/C4H7Cl2N/c1-3(5)4(6)7-2/h7H,1-2H3/b4-3+. The highest BCUT2D eigenvalue weighted by Gasteiger charge is 1.87. The molecule has 0 saturated carbocycles. The molecule has 1 N–H and O–H groups in total. The van der Waals surface area contributed by atoms with E-state index in [9.17, 15) is 0 Å². The zero-order valence-electron chi connectivity index (χ0n) is 4.26. The lowest BCUT2D eigenvalue weighted by Gasteiger charge is -1.93. The van der Waals surface area contributed by atoms with E-state index in [0.717, 1.165) is 0 Å². The first kappa shape index (κ1) is 7.12. The van der Waals surface area contributed by atoms with E-state index >= 15 is 0 Å². The highest BCUT2D eigenvalue weighted by Crippen LogP contribution is 2.07. The molecule has 0 spiro atoms. The summed E-state index contributed by atoms with van der Waals surface area (Å²) in [7, 11) is 1.72. The van der Waals surface area contributed by atoms with Crippen LogP contribution in [0.5, 0.6) is 0 Å². The van der Waals surface area contributed by atoms with E-state index < -0.39 is 0 Å². The van der Waals surface area contributed by atoms with Crippen LogP contribution in [-0.2, 0) is 0 Å². The van der Waals surface area contributed by atoms with E-state index in [0.29, 0.717) is 10.2 Å². The quantitative estimate of drug-likeness (QED) is 0.548. The minimum atomic E-state index is 0.502. The number of halogens is 2. The summed E-state index contributed by atoms with van der Waals surface area (Å²) in [5.74, 6) is 0. The second-order valence-corrected chi connectivity index (χ2v) is 2.04. The highest BCUT2D eigenvalue weighted by atomic mass is 35.5. The van der Waals surface area contributed by atoms with Crippen LogP contribution in [0, 0.1) is 0 Å². The Morgan fingerprint density at radius 3 is 1.86 bits per heavy atom. The van der Waals surface area contributed by atoms with Crippen LogP contribution in [0.4, 0.5) is 0 Å². The summed E-state index contributed by atoms with van der Waals surface area (Å²) < 4.78 is 0. The van der Waals surface area contributed by atoms with Gasteiger partial charge in [-0.25, -0.2) is 0 Å². The number of hydrogen-bond donors (Lipinski definition) is 1. The van der Waals surface area contributed by atoms with Crippen molar-refractivity contribution in [1.29, 1.82) is 0 Å². The minimum Gasteiger partial charge on any atom is -0.378 e. The average Bonchev–Trinajstić information content (AvgIpc) is 1.65. The Labute approximate surface area is 53.3 Å². The molecule has 0 heterocycles. The fraction of sp³-hybridized carbons (Fsp3) is 0.500. The molecule has 0 aliphatic rings. The van der Waals surface area contributed by atoms with Gasteiger partial charge in [-0.1, -0.05) is 23.2 Å². The van der Waals surface area contributed by atoms with Crippen molar-refractivity contribution >= 4 is 23.2 Å². The molecule has 7 heavy (non-hydrogen) atoms. The summed E-state index contributed by atoms with van der Waals surface area (Å²) in [5.41, 5.74) is 0. The molecule has 0 atom stereocenters. The first-order valence-corrected chi connectivity index (χ1v) is 2.63. The SMILES string of the molecule is CN/C(Cl)=C(\C)Cl. The Morgan fingerprint density at radius 1 is 1.43 bits per heavy atom. The van der Waals surface area contributed by atoms with Gasteiger partial charge in [-0.05, 0) is 6.92 Å². The summed E-state index contributed by atoms with van der Waals surface area (Å²) in [6.45, 7) is 1.72. The molecule has 0 fully saturated rings. The maximum absolute atomic E-state index is 5.44. The van der Waals surface area contributed by atoms with Gasteiger partial charge in [-0.15, -0.1) is 0 Å². The highest BCUT2D eigenvalue weighted by molar-refractivity contribution is 6.38. The minimum absolute atomic E-state index is 0.502. The third-order valence-electron chi connectivity index (χ3n) is 0.522. The topological polar surface area (TPSA) is 12.0 Å². The number of hydrogen-bond acceptors (Lipinski definition) is 1. The fourth-order valence-corrected chi connectivity index (χ4v) is 0.267. The van der Waals surface area contributed by atoms with Gasteiger partial charge in [0, 0.05) is 12.1 Å². The van der Waals surface area contributed by atoms with Gasteiger partial charge in [0.1, 0.15) is 5.16 Å². The van der Waals surface area contributed by atoms with E-state index in [1.807, 2.05) is 0 Å². The van der Waals surface area contributed by atoms with Gasteiger partial charge in [-0.3, -0.25) is 0 Å². The van der Waals surface area contributed by atoms with E-state index in [-0.39, 0.29) is 0 Å². The molecule has 0 rings (SSSR count). The van der Waals surface area contributed by atoms with E-state index in [1.165, 1.54) is 0 Å². The molecule has 0 unspecified atom stereocenters. The number of allylic oxidation sites excluding steroid dienone is 1. The third-order valence-corrected chi connectivity index (χ3v) is 1.28. The second-order valence-electron chi connectivity index (χ2n) is 1.10. The van der Waals surface area contributed by atoms with Crippen molar-refractivity contribution in [3.63, 3.8) is 0 Å². The molecular formula is C4H7Cl2N. The van der Waals surface area contributed by atoms with Crippen LogP contribution in [0.15, 0.2) is 10.2 Å². The van der Waals surface area contributed by atoms with Crippen LogP contribution in [0.1, 0.15) is 6.92 Å². The molecule has 0 aromatic heterocycles. The second kappa shape index (κ2) is 3.16. The first-order valence-electron chi connectivity index (χ1n) is 1.88. The summed E-state index contributed by atoms with van der Waals surface area (Å²) in [4.78, 5) is 0. The maximum Gasteiger partial charge on any atom is 0.116 e. The molecule has 0 radical (unpaired) electrons. The van der Waals surface area contributed by atoms with Crippen LogP contribution in [0.25, 0.3) is 0 Å². The monoisotopic (exact) mass is 139 g/mol. The predicted octanol–water partition coefficient (Wildman–Crippen LogP) is 1.87. The van der Waals surface area contributed by atoms with Crippen LogP contribution in [0.3, 0.4) is 0 Å². The summed E-state index contributed by atoms with van der Waals surface area (Å²) in [5, 5.41) is 3.77. The first-order chi connectivity index (χ1) is 3.18. The van der Waals surface area contributed by atoms with Crippen molar-refractivity contribution in [2.24, 2.45) is 0 Å². The van der Waals surface area contributed by atoms with Gasteiger partial charge < -0.3 is 5.32 Å². The van der Waals surface area contributed by atoms with Gasteiger partial charge in [-0.2, -0.15) is 0 Å². The van der Waals surface area contributed by atoms with Gasteiger partial charge >= 0.3 is 0 Å². The Balaban J connectivity index is 3.72. The van der Waals surface area contributed by atoms with Crippen LogP contribution < -0.4 is 5.32 Å². The van der Waals surface area contributed by atoms with Crippen LogP contribution >= 0.6 is 23.2 Å². The Kier molecular flexibility index (Phi) is 3.22. The Hall–Kier alpha value is 0.120. The summed E-state index contributed by atoms with van der Waals surface area (Å²) in [6.07, 6.45) is 0. The van der Waals surface area contributed by atoms with E-state index in [1.54, 1.807) is 14.0 Å². The smallest absolute Gasteiger partial charge is 0.116 e. The Bertz CT molecular complexity index is 83.7. The number of rotatable bonds is 1. The van der Waals surface area contributed by atoms with Gasteiger partial charge in [0.2, 0.25) is 0 Å². The molecule has 0 aliphatic carbocycles. The zero-order valence-corrected chi connectivity index (χ0v) is 5.77. The normalized spacial score (nSPS) is 13.1. The van der Waals surface area contributed by atoms with Gasteiger partial charge in [0.05, 0.1) is 0 Å².